The molecule has 2 aromatic rings. The van der Waals surface area contributed by atoms with Crippen molar-refractivity contribution in [3.8, 4) is 11.4 Å². The molecule has 0 radical (unpaired) electrons. The van der Waals surface area contributed by atoms with Crippen LogP contribution in [-0.2, 0) is 9.31 Å². The molecule has 1 saturated heterocycles. The molecule has 1 fully saturated rings. The third-order valence-corrected chi connectivity index (χ3v) is 4.51. The lowest BCUT2D eigenvalue weighted by Gasteiger charge is -2.32. The minimum atomic E-state index is -0.356. The average Bonchev–Trinajstić information content (AvgIpc) is 2.68. The van der Waals surface area contributed by atoms with Gasteiger partial charge in [0.25, 0.3) is 0 Å². The van der Waals surface area contributed by atoms with E-state index in [1.54, 1.807) is 12.4 Å². The Morgan fingerprint density at radius 2 is 1.41 bits per heavy atom. The predicted octanol–water partition coefficient (Wildman–Crippen LogP) is 3.10. The van der Waals surface area contributed by atoms with Crippen LogP contribution in [0.25, 0.3) is 11.4 Å². The van der Waals surface area contributed by atoms with E-state index in [2.05, 4.69) is 9.97 Å². The van der Waals surface area contributed by atoms with Gasteiger partial charge in [-0.05, 0) is 33.2 Å². The van der Waals surface area contributed by atoms with Crippen LogP contribution in [0.1, 0.15) is 27.7 Å². The van der Waals surface area contributed by atoms with E-state index in [1.165, 1.54) is 0 Å². The molecule has 3 rings (SSSR count). The van der Waals surface area contributed by atoms with E-state index in [-0.39, 0.29) is 18.3 Å². The number of hydrogen-bond acceptors (Lipinski definition) is 4. The molecule has 22 heavy (non-hydrogen) atoms. The molecule has 0 unspecified atom stereocenters. The Kier molecular flexibility index (Phi) is 3.75. The Labute approximate surface area is 136 Å². The third kappa shape index (κ3) is 2.76. The first-order valence-corrected chi connectivity index (χ1v) is 7.60. The van der Waals surface area contributed by atoms with Crippen molar-refractivity contribution in [1.29, 1.82) is 0 Å². The van der Waals surface area contributed by atoms with E-state index in [9.17, 15) is 0 Å². The Morgan fingerprint density at radius 1 is 0.909 bits per heavy atom. The molecule has 4 nitrogen and oxygen atoms in total. The molecule has 0 saturated carbocycles. The van der Waals surface area contributed by atoms with Gasteiger partial charge in [-0.15, -0.1) is 0 Å². The number of benzene rings is 1. The molecule has 0 amide bonds. The van der Waals surface area contributed by atoms with E-state index in [0.29, 0.717) is 10.8 Å². The van der Waals surface area contributed by atoms with Gasteiger partial charge in [0.15, 0.2) is 5.82 Å². The van der Waals surface area contributed by atoms with Crippen LogP contribution in [0.4, 0.5) is 0 Å². The van der Waals surface area contributed by atoms with Crippen LogP contribution < -0.4 is 5.46 Å². The molecule has 1 aromatic heterocycles. The van der Waals surface area contributed by atoms with Crippen molar-refractivity contribution in [2.75, 3.05) is 0 Å². The molecule has 114 valence electrons. The average molecular weight is 317 g/mol. The van der Waals surface area contributed by atoms with Gasteiger partial charge < -0.3 is 9.31 Å². The monoisotopic (exact) mass is 316 g/mol. The third-order valence-electron chi connectivity index (χ3n) is 4.31. The Morgan fingerprint density at radius 3 is 1.91 bits per heavy atom. The van der Waals surface area contributed by atoms with E-state index in [1.807, 2.05) is 52.0 Å². The largest absolute Gasteiger partial charge is 0.494 e. The van der Waals surface area contributed by atoms with Gasteiger partial charge in [0, 0.05) is 18.0 Å². The molecule has 0 N–H and O–H groups in total. The molecule has 0 atom stereocenters. The van der Waals surface area contributed by atoms with E-state index in [0.717, 1.165) is 11.0 Å². The Bertz CT molecular complexity index is 656. The summed E-state index contributed by atoms with van der Waals surface area (Å²) in [5.41, 5.74) is 1.24. The second-order valence-corrected chi connectivity index (χ2v) is 6.87. The summed E-state index contributed by atoms with van der Waals surface area (Å²) in [6, 6.07) is 7.89. The second kappa shape index (κ2) is 5.34. The summed E-state index contributed by atoms with van der Waals surface area (Å²) in [4.78, 5) is 8.43. The molecular weight excluding hydrogens is 298 g/mol. The predicted molar refractivity (Wildman–Crippen MR) is 88.2 cm³/mol. The Balaban J connectivity index is 1.82. The summed E-state index contributed by atoms with van der Waals surface area (Å²) in [6.07, 6.45) is 3.18. The van der Waals surface area contributed by atoms with Gasteiger partial charge in [0.05, 0.1) is 16.2 Å². The van der Waals surface area contributed by atoms with Crippen molar-refractivity contribution < 1.29 is 9.31 Å². The fourth-order valence-corrected chi connectivity index (χ4v) is 2.33. The highest BCUT2D eigenvalue weighted by molar-refractivity contribution is 6.62. The van der Waals surface area contributed by atoms with E-state index >= 15 is 0 Å². The number of aromatic nitrogens is 2. The zero-order chi connectivity index (χ0) is 16.0. The first-order valence-electron chi connectivity index (χ1n) is 7.22. The van der Waals surface area contributed by atoms with Crippen LogP contribution in [0.3, 0.4) is 0 Å². The summed E-state index contributed by atoms with van der Waals surface area (Å²) >= 11 is 5.81. The van der Waals surface area contributed by atoms with Crippen molar-refractivity contribution in [3.63, 3.8) is 0 Å². The summed E-state index contributed by atoms with van der Waals surface area (Å²) in [5, 5.41) is 0.526. The Hall–Kier alpha value is -1.43. The first-order chi connectivity index (χ1) is 10.3. The lowest BCUT2D eigenvalue weighted by Crippen LogP contribution is -2.41. The summed E-state index contributed by atoms with van der Waals surface area (Å²) in [7, 11) is -0.356. The van der Waals surface area contributed by atoms with Gasteiger partial charge in [-0.25, -0.2) is 9.97 Å². The first kappa shape index (κ1) is 15.5. The fourth-order valence-electron chi connectivity index (χ4n) is 2.23. The van der Waals surface area contributed by atoms with E-state index < -0.39 is 0 Å². The SMILES string of the molecule is CC1(C)OB(c2ccc(-c3ncc(Cl)cn3)cc2)OC1(C)C. The molecular formula is C16H18BClN2O2. The van der Waals surface area contributed by atoms with Crippen molar-refractivity contribution in [2.24, 2.45) is 0 Å². The van der Waals surface area contributed by atoms with Crippen LogP contribution in [0.2, 0.25) is 5.02 Å². The lowest BCUT2D eigenvalue weighted by atomic mass is 9.79. The zero-order valence-corrected chi connectivity index (χ0v) is 13.9. The minimum absolute atomic E-state index is 0.338. The van der Waals surface area contributed by atoms with Gasteiger partial charge in [-0.2, -0.15) is 0 Å². The normalized spacial score (nSPS) is 19.4. The molecule has 1 aromatic carbocycles. The van der Waals surface area contributed by atoms with Gasteiger partial charge in [-0.1, -0.05) is 35.9 Å². The van der Waals surface area contributed by atoms with Gasteiger partial charge in [0.1, 0.15) is 0 Å². The highest BCUT2D eigenvalue weighted by Gasteiger charge is 2.51. The van der Waals surface area contributed by atoms with Crippen LogP contribution >= 0.6 is 11.6 Å². The van der Waals surface area contributed by atoms with Gasteiger partial charge in [0.2, 0.25) is 0 Å². The molecule has 1 aliphatic heterocycles. The van der Waals surface area contributed by atoms with Gasteiger partial charge >= 0.3 is 7.12 Å². The van der Waals surface area contributed by atoms with Crippen molar-refractivity contribution in [2.45, 2.75) is 38.9 Å². The number of halogens is 1. The van der Waals surface area contributed by atoms with Gasteiger partial charge in [-0.3, -0.25) is 0 Å². The van der Waals surface area contributed by atoms with Crippen LogP contribution in [0, 0.1) is 0 Å². The van der Waals surface area contributed by atoms with Crippen molar-refractivity contribution in [3.05, 3.63) is 41.7 Å². The highest BCUT2D eigenvalue weighted by Crippen LogP contribution is 2.36. The highest BCUT2D eigenvalue weighted by atomic mass is 35.5. The van der Waals surface area contributed by atoms with Crippen LogP contribution in [0.15, 0.2) is 36.7 Å². The van der Waals surface area contributed by atoms with Crippen LogP contribution in [0.5, 0.6) is 0 Å². The second-order valence-electron chi connectivity index (χ2n) is 6.44. The summed E-state index contributed by atoms with van der Waals surface area (Å²) in [6.45, 7) is 8.18. The minimum Gasteiger partial charge on any atom is -0.399 e. The maximum atomic E-state index is 6.04. The zero-order valence-electron chi connectivity index (χ0n) is 13.1. The van der Waals surface area contributed by atoms with Crippen molar-refractivity contribution in [1.82, 2.24) is 9.97 Å². The van der Waals surface area contributed by atoms with Crippen molar-refractivity contribution >= 4 is 24.2 Å². The molecule has 0 bridgehead atoms. The maximum Gasteiger partial charge on any atom is 0.494 e. The fraction of sp³-hybridized carbons (Fsp3) is 0.375. The van der Waals surface area contributed by atoms with E-state index in [4.69, 9.17) is 20.9 Å². The molecule has 6 heteroatoms. The smallest absolute Gasteiger partial charge is 0.399 e. The molecule has 0 aliphatic carbocycles. The van der Waals surface area contributed by atoms with Crippen LogP contribution in [-0.4, -0.2) is 28.3 Å². The lowest BCUT2D eigenvalue weighted by molar-refractivity contribution is 0.00578. The quantitative estimate of drug-likeness (QED) is 0.799. The number of rotatable bonds is 2. The standard InChI is InChI=1S/C16H18BClN2O2/c1-15(2)16(3,4)22-17(21-15)12-7-5-11(6-8-12)14-19-9-13(18)10-20-14/h5-10H,1-4H3. The molecule has 0 spiro atoms. The summed E-state index contributed by atoms with van der Waals surface area (Å²) < 4.78 is 12.1. The number of hydrogen-bond donors (Lipinski definition) is 0. The summed E-state index contributed by atoms with van der Waals surface area (Å²) in [5.74, 6) is 0.643. The number of nitrogens with zero attached hydrogens (tertiary/aromatic N) is 2. The topological polar surface area (TPSA) is 44.2 Å². The molecule has 1 aliphatic rings. The maximum absolute atomic E-state index is 6.04. The molecule has 2 heterocycles.